The van der Waals surface area contributed by atoms with E-state index in [9.17, 15) is 9.59 Å². The van der Waals surface area contributed by atoms with Gasteiger partial charge in [-0.1, -0.05) is 24.3 Å². The molecule has 6 nitrogen and oxygen atoms in total. The van der Waals surface area contributed by atoms with Crippen LogP contribution in [0.15, 0.2) is 67.3 Å². The van der Waals surface area contributed by atoms with Crippen LogP contribution >= 0.6 is 0 Å². The van der Waals surface area contributed by atoms with Gasteiger partial charge in [-0.3, -0.25) is 9.59 Å². The van der Waals surface area contributed by atoms with Crippen molar-refractivity contribution in [2.45, 2.75) is 20.0 Å². The molecule has 0 atom stereocenters. The van der Waals surface area contributed by atoms with E-state index in [1.54, 1.807) is 36.8 Å². The summed E-state index contributed by atoms with van der Waals surface area (Å²) in [5, 5.41) is 5.62. The molecule has 2 amide bonds. The number of nitrogens with one attached hydrogen (secondary N) is 2. The molecule has 0 aliphatic carbocycles. The average molecular weight is 348 g/mol. The van der Waals surface area contributed by atoms with Crippen LogP contribution in [-0.2, 0) is 17.9 Å². The number of carbonyl (C=O) groups excluding carboxylic acids is 2. The second-order valence-electron chi connectivity index (χ2n) is 5.94. The van der Waals surface area contributed by atoms with Crippen LogP contribution in [0.4, 0.5) is 5.69 Å². The number of anilines is 1. The van der Waals surface area contributed by atoms with Crippen molar-refractivity contribution in [2.75, 3.05) is 5.32 Å². The molecule has 0 aliphatic heterocycles. The number of rotatable bonds is 6. The predicted molar refractivity (Wildman–Crippen MR) is 99.7 cm³/mol. The van der Waals surface area contributed by atoms with Crippen LogP contribution in [0, 0.1) is 0 Å². The highest BCUT2D eigenvalue weighted by molar-refractivity contribution is 5.95. The molecule has 1 aromatic heterocycles. The van der Waals surface area contributed by atoms with E-state index in [4.69, 9.17) is 0 Å². The second kappa shape index (κ2) is 8.11. The van der Waals surface area contributed by atoms with Gasteiger partial charge in [-0.25, -0.2) is 4.98 Å². The van der Waals surface area contributed by atoms with Gasteiger partial charge in [-0.05, 0) is 35.4 Å². The van der Waals surface area contributed by atoms with Crippen LogP contribution in [0.3, 0.4) is 0 Å². The summed E-state index contributed by atoms with van der Waals surface area (Å²) < 4.78 is 1.99. The van der Waals surface area contributed by atoms with E-state index in [0.717, 1.165) is 11.1 Å². The van der Waals surface area contributed by atoms with Crippen molar-refractivity contribution < 1.29 is 9.59 Å². The Balaban J connectivity index is 1.63. The van der Waals surface area contributed by atoms with Gasteiger partial charge in [0.05, 0.1) is 6.33 Å². The van der Waals surface area contributed by atoms with Crippen LogP contribution in [0.1, 0.15) is 28.4 Å². The molecular weight excluding hydrogens is 328 g/mol. The molecule has 0 bridgehead atoms. The van der Waals surface area contributed by atoms with Crippen molar-refractivity contribution in [1.82, 2.24) is 14.9 Å². The lowest BCUT2D eigenvalue weighted by Crippen LogP contribution is -2.23. The molecule has 3 rings (SSSR count). The SMILES string of the molecule is CC(=O)Nc1ccc(C(=O)NCc2ccccc2Cn2ccnc2)cc1. The lowest BCUT2D eigenvalue weighted by atomic mass is 10.1. The molecule has 6 heteroatoms. The minimum Gasteiger partial charge on any atom is -0.348 e. The highest BCUT2D eigenvalue weighted by Crippen LogP contribution is 2.12. The molecule has 0 radical (unpaired) electrons. The van der Waals surface area contributed by atoms with E-state index in [1.807, 2.05) is 35.0 Å². The van der Waals surface area contributed by atoms with Gasteiger partial charge in [0.1, 0.15) is 0 Å². The maximum atomic E-state index is 12.4. The normalized spacial score (nSPS) is 10.3. The monoisotopic (exact) mass is 348 g/mol. The zero-order valence-corrected chi connectivity index (χ0v) is 14.5. The van der Waals surface area contributed by atoms with Crippen molar-refractivity contribution in [3.63, 3.8) is 0 Å². The van der Waals surface area contributed by atoms with Gasteiger partial charge >= 0.3 is 0 Å². The molecular formula is C20H20N4O2. The Morgan fingerprint density at radius 1 is 1.04 bits per heavy atom. The number of nitrogens with zero attached hydrogens (tertiary/aromatic N) is 2. The molecule has 3 aromatic rings. The summed E-state index contributed by atoms with van der Waals surface area (Å²) >= 11 is 0. The molecule has 0 aliphatic rings. The number of imidazole rings is 1. The lowest BCUT2D eigenvalue weighted by Gasteiger charge is -2.11. The van der Waals surface area contributed by atoms with Crippen LogP contribution in [0.5, 0.6) is 0 Å². The standard InChI is InChI=1S/C20H20N4O2/c1-15(25)23-19-8-6-16(7-9-19)20(26)22-12-17-4-2-3-5-18(17)13-24-11-10-21-14-24/h2-11,14H,12-13H2,1H3,(H,22,26)(H,23,25). The summed E-state index contributed by atoms with van der Waals surface area (Å²) in [6.45, 7) is 2.59. The maximum Gasteiger partial charge on any atom is 0.251 e. The predicted octanol–water partition coefficient (Wildman–Crippen LogP) is 2.82. The van der Waals surface area contributed by atoms with Crippen LogP contribution in [-0.4, -0.2) is 21.4 Å². The first-order valence-electron chi connectivity index (χ1n) is 8.30. The number of carbonyl (C=O) groups is 2. The van der Waals surface area contributed by atoms with Crippen molar-refractivity contribution in [1.29, 1.82) is 0 Å². The molecule has 0 spiro atoms. The van der Waals surface area contributed by atoms with E-state index in [1.165, 1.54) is 6.92 Å². The van der Waals surface area contributed by atoms with Crippen LogP contribution in [0.2, 0.25) is 0 Å². The topological polar surface area (TPSA) is 76.0 Å². The first kappa shape index (κ1) is 17.4. The van der Waals surface area contributed by atoms with Crippen LogP contribution < -0.4 is 10.6 Å². The maximum absolute atomic E-state index is 12.4. The summed E-state index contributed by atoms with van der Waals surface area (Å²) in [5.74, 6) is -0.298. The molecule has 2 aromatic carbocycles. The number of aromatic nitrogens is 2. The minimum absolute atomic E-state index is 0.142. The molecule has 26 heavy (non-hydrogen) atoms. The van der Waals surface area contributed by atoms with E-state index >= 15 is 0 Å². The van der Waals surface area contributed by atoms with E-state index in [0.29, 0.717) is 24.3 Å². The summed E-state index contributed by atoms with van der Waals surface area (Å²) in [5.41, 5.74) is 3.40. The van der Waals surface area contributed by atoms with E-state index in [-0.39, 0.29) is 11.8 Å². The largest absolute Gasteiger partial charge is 0.348 e. The van der Waals surface area contributed by atoms with E-state index < -0.39 is 0 Å². The van der Waals surface area contributed by atoms with Gasteiger partial charge in [-0.2, -0.15) is 0 Å². The van der Waals surface area contributed by atoms with Crippen LogP contribution in [0.25, 0.3) is 0 Å². The third-order valence-electron chi connectivity index (χ3n) is 3.94. The summed E-state index contributed by atoms with van der Waals surface area (Å²) in [6, 6.07) is 14.8. The molecule has 0 saturated carbocycles. The third-order valence-corrected chi connectivity index (χ3v) is 3.94. The third kappa shape index (κ3) is 4.57. The molecule has 0 fully saturated rings. The number of hydrogen-bond acceptors (Lipinski definition) is 3. The molecule has 132 valence electrons. The Kier molecular flexibility index (Phi) is 5.43. The molecule has 0 unspecified atom stereocenters. The minimum atomic E-state index is -0.156. The molecule has 2 N–H and O–H groups in total. The second-order valence-corrected chi connectivity index (χ2v) is 5.94. The average Bonchev–Trinajstić information content (AvgIpc) is 3.14. The van der Waals surface area contributed by atoms with Gasteiger partial charge in [-0.15, -0.1) is 0 Å². The fourth-order valence-electron chi connectivity index (χ4n) is 2.65. The van der Waals surface area contributed by atoms with Crippen molar-refractivity contribution in [3.8, 4) is 0 Å². The zero-order valence-electron chi connectivity index (χ0n) is 14.5. The highest BCUT2D eigenvalue weighted by Gasteiger charge is 2.08. The first-order valence-corrected chi connectivity index (χ1v) is 8.30. The Morgan fingerprint density at radius 3 is 2.42 bits per heavy atom. The van der Waals surface area contributed by atoms with E-state index in [2.05, 4.69) is 15.6 Å². The fourth-order valence-corrected chi connectivity index (χ4v) is 2.65. The number of amides is 2. The summed E-state index contributed by atoms with van der Waals surface area (Å²) in [4.78, 5) is 27.5. The van der Waals surface area contributed by atoms with Crippen molar-refractivity contribution in [3.05, 3.63) is 83.9 Å². The Bertz CT molecular complexity index is 886. The zero-order chi connectivity index (χ0) is 18.4. The highest BCUT2D eigenvalue weighted by atomic mass is 16.2. The van der Waals surface area contributed by atoms with Gasteiger partial charge < -0.3 is 15.2 Å². The van der Waals surface area contributed by atoms with Gasteiger partial charge in [0.2, 0.25) is 5.91 Å². The number of hydrogen-bond donors (Lipinski definition) is 2. The van der Waals surface area contributed by atoms with Crippen molar-refractivity contribution in [2.24, 2.45) is 0 Å². The Labute approximate surface area is 151 Å². The Morgan fingerprint density at radius 2 is 1.77 bits per heavy atom. The smallest absolute Gasteiger partial charge is 0.251 e. The van der Waals surface area contributed by atoms with Gasteiger partial charge in [0, 0.05) is 43.7 Å². The summed E-state index contributed by atoms with van der Waals surface area (Å²) in [7, 11) is 0. The van der Waals surface area contributed by atoms with Crippen molar-refractivity contribution >= 4 is 17.5 Å². The molecule has 1 heterocycles. The Hall–Kier alpha value is -3.41. The lowest BCUT2D eigenvalue weighted by molar-refractivity contribution is -0.114. The fraction of sp³-hybridized carbons (Fsp3) is 0.150. The first-order chi connectivity index (χ1) is 12.6. The van der Waals surface area contributed by atoms with Gasteiger partial charge in [0.25, 0.3) is 5.91 Å². The number of benzene rings is 2. The molecule has 0 saturated heterocycles. The van der Waals surface area contributed by atoms with Gasteiger partial charge in [0.15, 0.2) is 0 Å². The quantitative estimate of drug-likeness (QED) is 0.719. The summed E-state index contributed by atoms with van der Waals surface area (Å²) in [6.07, 6.45) is 5.42.